The molecule has 11 heteroatoms. The largest absolute Gasteiger partial charge is 0.344 e. The summed E-state index contributed by atoms with van der Waals surface area (Å²) in [6, 6.07) is 9.86. The molecule has 3 heterocycles. The molecule has 0 aliphatic carbocycles. The van der Waals surface area contributed by atoms with Crippen LogP contribution in [0.15, 0.2) is 53.9 Å². The number of benzene rings is 1. The number of hydrogen-bond donors (Lipinski definition) is 2. The van der Waals surface area contributed by atoms with E-state index in [2.05, 4.69) is 25.8 Å². The molecular weight excluding hydrogens is 382 g/mol. The molecular formula is C17H15N7O3S. The van der Waals surface area contributed by atoms with Gasteiger partial charge in [-0.3, -0.25) is 15.0 Å². The second kappa shape index (κ2) is 6.93. The number of imide groups is 1. The van der Waals surface area contributed by atoms with Crippen LogP contribution < -0.4 is 10.7 Å². The summed E-state index contributed by atoms with van der Waals surface area (Å²) in [4.78, 5) is 45.4. The quantitative estimate of drug-likeness (QED) is 0.480. The van der Waals surface area contributed by atoms with Gasteiger partial charge in [0.1, 0.15) is 5.54 Å². The molecule has 1 atom stereocenters. The summed E-state index contributed by atoms with van der Waals surface area (Å²) in [5.41, 5.74) is 1.72. The Kier molecular flexibility index (Phi) is 4.43. The van der Waals surface area contributed by atoms with Crippen LogP contribution in [0.1, 0.15) is 12.5 Å². The van der Waals surface area contributed by atoms with Gasteiger partial charge in [0.2, 0.25) is 11.1 Å². The topological polar surface area (TPSA) is 122 Å². The van der Waals surface area contributed by atoms with E-state index in [9.17, 15) is 14.4 Å². The number of aromatic nitrogens is 4. The van der Waals surface area contributed by atoms with Gasteiger partial charge in [0.25, 0.3) is 11.7 Å². The van der Waals surface area contributed by atoms with Crippen molar-refractivity contribution in [3.63, 3.8) is 0 Å². The minimum atomic E-state index is -1.24. The average molecular weight is 397 g/mol. The highest BCUT2D eigenvalue weighted by atomic mass is 32.2. The minimum absolute atomic E-state index is 0.0734. The molecule has 2 aromatic heterocycles. The third-order valence-corrected chi connectivity index (χ3v) is 5.05. The first kappa shape index (κ1) is 17.9. The van der Waals surface area contributed by atoms with Crippen molar-refractivity contribution in [2.24, 2.45) is 0 Å². The van der Waals surface area contributed by atoms with Crippen molar-refractivity contribution in [3.8, 4) is 0 Å². The van der Waals surface area contributed by atoms with E-state index in [1.54, 1.807) is 49.6 Å². The fourth-order valence-electron chi connectivity index (χ4n) is 2.77. The van der Waals surface area contributed by atoms with Gasteiger partial charge >= 0.3 is 6.03 Å². The van der Waals surface area contributed by atoms with Crippen molar-refractivity contribution in [1.29, 1.82) is 0 Å². The monoisotopic (exact) mass is 397 g/mol. The van der Waals surface area contributed by atoms with Crippen LogP contribution in [0.5, 0.6) is 0 Å². The smallest absolute Gasteiger partial charge is 0.318 e. The third kappa shape index (κ3) is 3.16. The van der Waals surface area contributed by atoms with Crippen LogP contribution in [-0.4, -0.2) is 48.2 Å². The number of carbonyl (C=O) groups excluding carboxylic acids is 3. The summed E-state index contributed by atoms with van der Waals surface area (Å²) < 4.78 is 1.49. The second-order valence-corrected chi connectivity index (χ2v) is 7.09. The predicted molar refractivity (Wildman–Crippen MR) is 98.8 cm³/mol. The highest BCUT2D eigenvalue weighted by molar-refractivity contribution is 7.99. The lowest BCUT2D eigenvalue weighted by atomic mass is 9.92. The van der Waals surface area contributed by atoms with E-state index in [0.717, 1.165) is 11.8 Å². The zero-order valence-electron chi connectivity index (χ0n) is 14.7. The Hall–Kier alpha value is -3.47. The summed E-state index contributed by atoms with van der Waals surface area (Å²) >= 11 is 1.07. The van der Waals surface area contributed by atoms with Gasteiger partial charge in [0, 0.05) is 12.4 Å². The molecule has 1 aliphatic rings. The van der Waals surface area contributed by atoms with Gasteiger partial charge in [-0.25, -0.2) is 14.3 Å². The summed E-state index contributed by atoms with van der Waals surface area (Å²) in [6.45, 7) is 1.59. The standard InChI is InChI=1S/C17H15N7O3S/c1-17(11-6-3-2-4-7-11)13(26)24(16(27)20-17)21-12(25)10-28-15-19-14-18-8-5-9-23(14)22-15/h2-9H,10H2,1H3,(H,20,27)(H,21,25). The van der Waals surface area contributed by atoms with Crippen LogP contribution in [-0.2, 0) is 15.1 Å². The molecule has 0 radical (unpaired) electrons. The van der Waals surface area contributed by atoms with E-state index in [4.69, 9.17) is 0 Å². The predicted octanol–water partition coefficient (Wildman–Crippen LogP) is 0.715. The van der Waals surface area contributed by atoms with Gasteiger partial charge in [0.05, 0.1) is 5.75 Å². The van der Waals surface area contributed by atoms with Gasteiger partial charge < -0.3 is 5.32 Å². The van der Waals surface area contributed by atoms with Crippen molar-refractivity contribution >= 4 is 35.4 Å². The molecule has 0 bridgehead atoms. The van der Waals surface area contributed by atoms with Crippen LogP contribution in [0.4, 0.5) is 4.79 Å². The van der Waals surface area contributed by atoms with Crippen LogP contribution in [0.2, 0.25) is 0 Å². The molecule has 1 saturated heterocycles. The van der Waals surface area contributed by atoms with E-state index in [1.807, 2.05) is 6.07 Å². The second-order valence-electron chi connectivity index (χ2n) is 6.14. The molecule has 1 aliphatic heterocycles. The number of rotatable bonds is 5. The maximum absolute atomic E-state index is 12.8. The average Bonchev–Trinajstić information content (AvgIpc) is 3.21. The van der Waals surface area contributed by atoms with Crippen LogP contribution in [0, 0.1) is 0 Å². The number of carbonyl (C=O) groups is 3. The van der Waals surface area contributed by atoms with E-state index in [1.165, 1.54) is 4.52 Å². The summed E-state index contributed by atoms with van der Waals surface area (Å²) in [5.74, 6) is -0.747. The SMILES string of the molecule is CC1(c2ccccc2)NC(=O)N(NC(=O)CSc2nc3ncccn3n2)C1=O. The molecule has 1 unspecified atom stereocenters. The molecule has 2 N–H and O–H groups in total. The molecule has 10 nitrogen and oxygen atoms in total. The van der Waals surface area contributed by atoms with E-state index in [-0.39, 0.29) is 5.75 Å². The molecule has 0 spiro atoms. The maximum Gasteiger partial charge on any atom is 0.344 e. The zero-order valence-corrected chi connectivity index (χ0v) is 15.5. The van der Waals surface area contributed by atoms with E-state index < -0.39 is 23.4 Å². The van der Waals surface area contributed by atoms with Crippen LogP contribution in [0.3, 0.4) is 0 Å². The fourth-order valence-corrected chi connectivity index (χ4v) is 3.39. The third-order valence-electron chi connectivity index (χ3n) is 4.21. The highest BCUT2D eigenvalue weighted by Gasteiger charge is 2.49. The lowest BCUT2D eigenvalue weighted by Crippen LogP contribution is -2.48. The lowest BCUT2D eigenvalue weighted by Gasteiger charge is -2.22. The van der Waals surface area contributed by atoms with Crippen molar-refractivity contribution in [3.05, 3.63) is 54.4 Å². The molecule has 0 saturated carbocycles. The summed E-state index contributed by atoms with van der Waals surface area (Å²) in [6.07, 6.45) is 3.28. The number of nitrogens with one attached hydrogen (secondary N) is 2. The van der Waals surface area contributed by atoms with Gasteiger partial charge in [-0.1, -0.05) is 42.1 Å². The molecule has 4 rings (SSSR count). The molecule has 3 aromatic rings. The van der Waals surface area contributed by atoms with E-state index >= 15 is 0 Å². The Morgan fingerprint density at radius 3 is 2.79 bits per heavy atom. The summed E-state index contributed by atoms with van der Waals surface area (Å²) in [5, 5.41) is 7.86. The fraction of sp³-hybridized carbons (Fsp3) is 0.176. The minimum Gasteiger partial charge on any atom is -0.318 e. The molecule has 1 fully saturated rings. The Labute approximate surface area is 163 Å². The lowest BCUT2D eigenvalue weighted by molar-refractivity contribution is -0.138. The number of urea groups is 1. The number of amides is 4. The van der Waals surface area contributed by atoms with E-state index in [0.29, 0.717) is 21.5 Å². The number of hydrogen-bond acceptors (Lipinski definition) is 7. The van der Waals surface area contributed by atoms with Gasteiger partial charge in [-0.05, 0) is 18.6 Å². The normalized spacial score (nSPS) is 19.1. The molecule has 142 valence electrons. The Morgan fingerprint density at radius 2 is 2.04 bits per heavy atom. The Bertz CT molecular complexity index is 1040. The van der Waals surface area contributed by atoms with Gasteiger partial charge in [0.15, 0.2) is 0 Å². The highest BCUT2D eigenvalue weighted by Crippen LogP contribution is 2.27. The number of fused-ring (bicyclic) bond motifs is 1. The van der Waals surface area contributed by atoms with Crippen molar-refractivity contribution in [1.82, 2.24) is 35.3 Å². The first-order valence-electron chi connectivity index (χ1n) is 8.29. The van der Waals surface area contributed by atoms with Crippen LogP contribution >= 0.6 is 11.8 Å². The van der Waals surface area contributed by atoms with Gasteiger partial charge in [-0.15, -0.1) is 5.10 Å². The van der Waals surface area contributed by atoms with Gasteiger partial charge in [-0.2, -0.15) is 9.99 Å². The zero-order chi connectivity index (χ0) is 19.7. The molecule has 1 aromatic carbocycles. The maximum atomic E-state index is 12.8. The summed E-state index contributed by atoms with van der Waals surface area (Å²) in [7, 11) is 0. The number of thioether (sulfide) groups is 1. The van der Waals surface area contributed by atoms with Crippen molar-refractivity contribution < 1.29 is 14.4 Å². The molecule has 4 amide bonds. The molecule has 28 heavy (non-hydrogen) atoms. The number of hydrazine groups is 1. The van der Waals surface area contributed by atoms with Crippen molar-refractivity contribution in [2.75, 3.05) is 5.75 Å². The Morgan fingerprint density at radius 1 is 1.25 bits per heavy atom. The first-order valence-corrected chi connectivity index (χ1v) is 9.28. The van der Waals surface area contributed by atoms with Crippen molar-refractivity contribution in [2.45, 2.75) is 17.6 Å². The first-order chi connectivity index (χ1) is 13.5. The van der Waals surface area contributed by atoms with Crippen LogP contribution in [0.25, 0.3) is 5.78 Å². The number of nitrogens with zero attached hydrogens (tertiary/aromatic N) is 5. The Balaban J connectivity index is 1.41.